The Morgan fingerprint density at radius 1 is 0.952 bits per heavy atom. The first-order chi connectivity index (χ1) is 10.3. The van der Waals surface area contributed by atoms with Gasteiger partial charge in [0.2, 0.25) is 0 Å². The molecule has 0 radical (unpaired) electrons. The normalized spacial score (nSPS) is 11.0. The first kappa shape index (κ1) is 12.2. The Kier molecular flexibility index (Phi) is 2.75. The molecule has 0 fully saturated rings. The van der Waals surface area contributed by atoms with E-state index in [1.807, 2.05) is 60.7 Å². The molecule has 0 aliphatic rings. The molecule has 2 aromatic carbocycles. The molecule has 4 rings (SSSR count). The second kappa shape index (κ2) is 4.75. The number of nitrogens with zero attached hydrogens (tertiary/aromatic N) is 1. The topological polar surface area (TPSA) is 46.3 Å². The Bertz CT molecular complexity index is 909. The molecule has 3 nitrogen and oxygen atoms in total. The summed E-state index contributed by atoms with van der Waals surface area (Å²) in [7, 11) is 0. The average molecular weight is 293 g/mol. The third-order valence-electron chi connectivity index (χ3n) is 3.37. The highest BCUT2D eigenvalue weighted by Crippen LogP contribution is 2.44. The summed E-state index contributed by atoms with van der Waals surface area (Å²) in [6, 6.07) is 19.4. The molecule has 4 aromatic rings. The van der Waals surface area contributed by atoms with Crippen LogP contribution < -0.4 is 0 Å². The monoisotopic (exact) mass is 293 g/mol. The van der Waals surface area contributed by atoms with Crippen LogP contribution in [0.2, 0.25) is 0 Å². The van der Waals surface area contributed by atoms with Gasteiger partial charge in [-0.3, -0.25) is 0 Å². The van der Waals surface area contributed by atoms with Gasteiger partial charge in [0.05, 0.1) is 0 Å². The lowest BCUT2D eigenvalue weighted by molar-refractivity contribution is 0.431. The van der Waals surface area contributed by atoms with Crippen LogP contribution in [0, 0.1) is 0 Å². The van der Waals surface area contributed by atoms with E-state index in [2.05, 4.69) is 5.16 Å². The van der Waals surface area contributed by atoms with E-state index in [0.29, 0.717) is 10.6 Å². The van der Waals surface area contributed by atoms with E-state index < -0.39 is 0 Å². The summed E-state index contributed by atoms with van der Waals surface area (Å²) in [6.45, 7) is 0. The summed E-state index contributed by atoms with van der Waals surface area (Å²) in [5, 5.41) is 15.3. The van der Waals surface area contributed by atoms with Crippen LogP contribution in [0.1, 0.15) is 0 Å². The van der Waals surface area contributed by atoms with E-state index >= 15 is 0 Å². The molecule has 102 valence electrons. The number of aromatic nitrogens is 1. The SMILES string of the molecule is Oc1c(-c2cc(-c3ccccc3)no2)sc2ccccc12. The van der Waals surface area contributed by atoms with Gasteiger partial charge >= 0.3 is 0 Å². The van der Waals surface area contributed by atoms with Gasteiger partial charge in [-0.2, -0.15) is 0 Å². The minimum atomic E-state index is 0.256. The molecule has 2 heterocycles. The molecule has 1 N–H and O–H groups in total. The van der Waals surface area contributed by atoms with Gasteiger partial charge < -0.3 is 9.63 Å². The number of hydrogen-bond acceptors (Lipinski definition) is 4. The maximum absolute atomic E-state index is 10.3. The molecule has 0 aliphatic carbocycles. The number of benzene rings is 2. The molecule has 0 spiro atoms. The predicted molar refractivity (Wildman–Crippen MR) is 84.4 cm³/mol. The van der Waals surface area contributed by atoms with Crippen LogP contribution in [0.25, 0.3) is 32.0 Å². The van der Waals surface area contributed by atoms with Crippen molar-refractivity contribution in [1.29, 1.82) is 0 Å². The summed E-state index contributed by atoms with van der Waals surface area (Å²) in [6.07, 6.45) is 0. The zero-order valence-electron chi connectivity index (χ0n) is 11.0. The number of rotatable bonds is 2. The summed E-state index contributed by atoms with van der Waals surface area (Å²) in [5.74, 6) is 0.846. The molecule has 4 heteroatoms. The number of fused-ring (bicyclic) bond motifs is 1. The van der Waals surface area contributed by atoms with Crippen molar-refractivity contribution in [2.75, 3.05) is 0 Å². The fourth-order valence-corrected chi connectivity index (χ4v) is 3.37. The minimum Gasteiger partial charge on any atom is -0.506 e. The molecule has 0 saturated heterocycles. The van der Waals surface area contributed by atoms with Crippen molar-refractivity contribution in [2.45, 2.75) is 0 Å². The van der Waals surface area contributed by atoms with Gasteiger partial charge in [-0.05, 0) is 12.1 Å². The maximum Gasteiger partial charge on any atom is 0.181 e. The number of hydrogen-bond donors (Lipinski definition) is 1. The van der Waals surface area contributed by atoms with Crippen LogP contribution in [0.4, 0.5) is 0 Å². The van der Waals surface area contributed by atoms with Gasteiger partial charge in [-0.25, -0.2) is 0 Å². The molecular formula is C17H11NO2S. The van der Waals surface area contributed by atoms with Gasteiger partial charge in [-0.1, -0.05) is 47.6 Å². The van der Waals surface area contributed by atoms with Crippen molar-refractivity contribution in [3.63, 3.8) is 0 Å². The summed E-state index contributed by atoms with van der Waals surface area (Å²) < 4.78 is 6.45. The first-order valence-electron chi connectivity index (χ1n) is 6.56. The molecule has 0 atom stereocenters. The molecule has 0 amide bonds. The number of aromatic hydroxyl groups is 1. The van der Waals surface area contributed by atoms with Crippen molar-refractivity contribution < 1.29 is 9.63 Å². The second-order valence-corrected chi connectivity index (χ2v) is 5.77. The average Bonchev–Trinajstić information content (AvgIpc) is 3.14. The third kappa shape index (κ3) is 2.00. The minimum absolute atomic E-state index is 0.256. The van der Waals surface area contributed by atoms with E-state index in [-0.39, 0.29) is 5.75 Å². The Morgan fingerprint density at radius 3 is 2.52 bits per heavy atom. The van der Waals surface area contributed by atoms with Crippen molar-refractivity contribution in [3.8, 4) is 27.6 Å². The zero-order valence-corrected chi connectivity index (χ0v) is 11.8. The van der Waals surface area contributed by atoms with Crippen molar-refractivity contribution in [1.82, 2.24) is 5.16 Å². The molecule has 0 saturated carbocycles. The molecule has 0 bridgehead atoms. The summed E-state index contributed by atoms with van der Waals surface area (Å²) >= 11 is 1.50. The third-order valence-corrected chi connectivity index (χ3v) is 4.55. The Hall–Kier alpha value is -2.59. The number of thiophene rings is 1. The lowest BCUT2D eigenvalue weighted by atomic mass is 10.1. The molecule has 21 heavy (non-hydrogen) atoms. The van der Waals surface area contributed by atoms with Gasteiger partial charge in [0.25, 0.3) is 0 Å². The maximum atomic E-state index is 10.3. The summed E-state index contributed by atoms with van der Waals surface area (Å²) in [4.78, 5) is 0.714. The first-order valence-corrected chi connectivity index (χ1v) is 7.37. The van der Waals surface area contributed by atoms with Crippen LogP contribution >= 0.6 is 11.3 Å². The fourth-order valence-electron chi connectivity index (χ4n) is 2.33. The molecular weight excluding hydrogens is 282 g/mol. The smallest absolute Gasteiger partial charge is 0.181 e. The Balaban J connectivity index is 1.83. The lowest BCUT2D eigenvalue weighted by Crippen LogP contribution is -1.73. The van der Waals surface area contributed by atoms with Gasteiger partial charge in [0.1, 0.15) is 16.3 Å². The predicted octanol–water partition coefficient (Wildman–Crippen LogP) is 4.93. The molecule has 2 aromatic heterocycles. The van der Waals surface area contributed by atoms with Crippen LogP contribution in [0.5, 0.6) is 5.75 Å². The van der Waals surface area contributed by atoms with Crippen LogP contribution in [0.15, 0.2) is 65.2 Å². The zero-order chi connectivity index (χ0) is 14.2. The van der Waals surface area contributed by atoms with Crippen molar-refractivity contribution >= 4 is 21.4 Å². The largest absolute Gasteiger partial charge is 0.506 e. The van der Waals surface area contributed by atoms with E-state index in [9.17, 15) is 5.11 Å². The van der Waals surface area contributed by atoms with Gasteiger partial charge in [0.15, 0.2) is 5.76 Å². The van der Waals surface area contributed by atoms with Crippen LogP contribution in [0.3, 0.4) is 0 Å². The second-order valence-electron chi connectivity index (χ2n) is 4.72. The van der Waals surface area contributed by atoms with E-state index in [1.165, 1.54) is 11.3 Å². The highest BCUT2D eigenvalue weighted by atomic mass is 32.1. The van der Waals surface area contributed by atoms with Gasteiger partial charge in [-0.15, -0.1) is 11.3 Å². The lowest BCUT2D eigenvalue weighted by Gasteiger charge is -1.92. The standard InChI is InChI=1S/C17H11NO2S/c19-16-12-8-4-5-9-15(12)21-17(16)14-10-13(18-20-14)11-6-2-1-3-7-11/h1-10,19H. The molecule has 0 unspecified atom stereocenters. The van der Waals surface area contributed by atoms with E-state index in [1.54, 1.807) is 0 Å². The van der Waals surface area contributed by atoms with Crippen molar-refractivity contribution in [3.05, 3.63) is 60.7 Å². The highest BCUT2D eigenvalue weighted by molar-refractivity contribution is 7.22. The van der Waals surface area contributed by atoms with Crippen LogP contribution in [-0.2, 0) is 0 Å². The highest BCUT2D eigenvalue weighted by Gasteiger charge is 2.17. The van der Waals surface area contributed by atoms with Crippen LogP contribution in [-0.4, -0.2) is 10.3 Å². The van der Waals surface area contributed by atoms with Gasteiger partial charge in [0, 0.05) is 21.7 Å². The Morgan fingerprint density at radius 2 is 1.71 bits per heavy atom. The Labute approximate surface area is 125 Å². The summed E-state index contributed by atoms with van der Waals surface area (Å²) in [5.41, 5.74) is 1.76. The quantitative estimate of drug-likeness (QED) is 0.570. The molecule has 0 aliphatic heterocycles. The fraction of sp³-hybridized carbons (Fsp3) is 0. The van der Waals surface area contributed by atoms with E-state index in [0.717, 1.165) is 21.3 Å². The van der Waals surface area contributed by atoms with Crippen molar-refractivity contribution in [2.24, 2.45) is 0 Å². The van der Waals surface area contributed by atoms with E-state index in [4.69, 9.17) is 4.52 Å².